The average molecular weight is 382 g/mol. The largest absolute Gasteiger partial charge is 0.458 e. The molecule has 3 N–H and O–H groups in total. The molecule has 2 fully saturated rings. The number of ether oxygens (including phenoxy) is 2. The highest BCUT2D eigenvalue weighted by Gasteiger charge is 2.71. The Morgan fingerprint density at radius 2 is 2.00 bits per heavy atom. The third-order valence-electron chi connectivity index (χ3n) is 7.25. The Labute approximate surface area is 161 Å². The van der Waals surface area contributed by atoms with Gasteiger partial charge in [0.1, 0.15) is 11.7 Å². The van der Waals surface area contributed by atoms with Crippen molar-refractivity contribution >= 4 is 5.97 Å². The molecule has 1 saturated carbocycles. The highest BCUT2D eigenvalue weighted by Crippen LogP contribution is 2.63. The maximum Gasteiger partial charge on any atom is 0.306 e. The summed E-state index contributed by atoms with van der Waals surface area (Å²) in [7, 11) is 0. The van der Waals surface area contributed by atoms with Crippen LogP contribution < -0.4 is 0 Å². The van der Waals surface area contributed by atoms with Crippen LogP contribution in [-0.4, -0.2) is 52.0 Å². The summed E-state index contributed by atoms with van der Waals surface area (Å²) in [6, 6.07) is 0. The molecule has 6 heteroatoms. The molecule has 154 valence electrons. The van der Waals surface area contributed by atoms with Gasteiger partial charge in [0.15, 0.2) is 6.29 Å². The SMILES string of the molecule is CCCCCC(=O)O[C@H]1C=C2CO[C@@H](O)[C@]2(O)[C@@]2(C)[C@@H](O)CCC(C)(C)[C@H]12. The Balaban J connectivity index is 1.99. The molecular weight excluding hydrogens is 348 g/mol. The fourth-order valence-corrected chi connectivity index (χ4v) is 5.73. The molecule has 0 bridgehead atoms. The molecule has 6 atom stereocenters. The first-order valence-corrected chi connectivity index (χ1v) is 10.2. The average Bonchev–Trinajstić information content (AvgIpc) is 2.88. The lowest BCUT2D eigenvalue weighted by Gasteiger charge is -2.62. The van der Waals surface area contributed by atoms with Gasteiger partial charge < -0.3 is 24.8 Å². The monoisotopic (exact) mass is 382 g/mol. The van der Waals surface area contributed by atoms with E-state index < -0.39 is 29.5 Å². The summed E-state index contributed by atoms with van der Waals surface area (Å²) in [6.45, 7) is 8.10. The van der Waals surface area contributed by atoms with Gasteiger partial charge in [-0.1, -0.05) is 40.5 Å². The van der Waals surface area contributed by atoms with Gasteiger partial charge in [0.05, 0.1) is 12.7 Å². The van der Waals surface area contributed by atoms with Gasteiger partial charge in [-0.3, -0.25) is 4.79 Å². The van der Waals surface area contributed by atoms with E-state index >= 15 is 0 Å². The van der Waals surface area contributed by atoms with Gasteiger partial charge in [-0.05, 0) is 36.3 Å². The molecule has 0 aromatic rings. The molecule has 3 aliphatic rings. The lowest BCUT2D eigenvalue weighted by molar-refractivity contribution is -0.272. The lowest BCUT2D eigenvalue weighted by Crippen LogP contribution is -2.70. The fraction of sp³-hybridized carbons (Fsp3) is 0.857. The molecule has 27 heavy (non-hydrogen) atoms. The van der Waals surface area contributed by atoms with Crippen molar-refractivity contribution in [2.75, 3.05) is 6.61 Å². The number of unbranched alkanes of at least 4 members (excludes halogenated alkanes) is 2. The van der Waals surface area contributed by atoms with E-state index in [4.69, 9.17) is 9.47 Å². The number of carbonyl (C=O) groups is 1. The van der Waals surface area contributed by atoms with Crippen LogP contribution in [0.2, 0.25) is 0 Å². The Bertz CT molecular complexity index is 614. The molecule has 1 aliphatic heterocycles. The number of esters is 1. The molecule has 1 saturated heterocycles. The molecule has 0 amide bonds. The van der Waals surface area contributed by atoms with Gasteiger partial charge >= 0.3 is 5.97 Å². The van der Waals surface area contributed by atoms with Crippen molar-refractivity contribution in [3.63, 3.8) is 0 Å². The van der Waals surface area contributed by atoms with Crippen LogP contribution in [-0.2, 0) is 14.3 Å². The van der Waals surface area contributed by atoms with Crippen LogP contribution in [0.5, 0.6) is 0 Å². The first-order chi connectivity index (χ1) is 12.6. The standard InChI is InChI=1S/C21H34O6/c1-5-6-7-8-16(23)27-14-11-13-12-26-18(24)21(13,25)20(4)15(22)9-10-19(2,3)17(14)20/h11,14-15,17-18,22,24-25H,5-10,12H2,1-4H3/t14-,15-,17-,18+,20-,21-/m0/s1. The Kier molecular flexibility index (Phi) is 5.49. The normalized spacial score (nSPS) is 42.9. The molecular formula is C21H34O6. The van der Waals surface area contributed by atoms with Crippen LogP contribution in [0, 0.1) is 16.7 Å². The highest BCUT2D eigenvalue weighted by molar-refractivity contribution is 5.70. The van der Waals surface area contributed by atoms with Crippen molar-refractivity contribution in [3.8, 4) is 0 Å². The van der Waals surface area contributed by atoms with Gasteiger partial charge in [0, 0.05) is 17.8 Å². The van der Waals surface area contributed by atoms with Crippen LogP contribution in [0.15, 0.2) is 11.6 Å². The molecule has 0 spiro atoms. The third kappa shape index (κ3) is 3.05. The predicted molar refractivity (Wildman–Crippen MR) is 99.6 cm³/mol. The van der Waals surface area contributed by atoms with Gasteiger partial charge in [-0.15, -0.1) is 0 Å². The Hall–Kier alpha value is -0.950. The van der Waals surface area contributed by atoms with Gasteiger partial charge in [-0.2, -0.15) is 0 Å². The number of rotatable bonds is 5. The number of carbonyl (C=O) groups excluding carboxylic acids is 1. The van der Waals surface area contributed by atoms with E-state index in [1.54, 1.807) is 13.0 Å². The minimum absolute atomic E-state index is 0.0665. The van der Waals surface area contributed by atoms with E-state index in [-0.39, 0.29) is 23.9 Å². The Morgan fingerprint density at radius 1 is 1.30 bits per heavy atom. The summed E-state index contributed by atoms with van der Waals surface area (Å²) in [6.07, 6.45) is 3.38. The Morgan fingerprint density at radius 3 is 2.67 bits per heavy atom. The predicted octanol–water partition coefficient (Wildman–Crippen LogP) is 2.30. The van der Waals surface area contributed by atoms with Crippen LogP contribution >= 0.6 is 0 Å². The smallest absolute Gasteiger partial charge is 0.306 e. The van der Waals surface area contributed by atoms with E-state index in [1.807, 2.05) is 0 Å². The fourth-order valence-electron chi connectivity index (χ4n) is 5.73. The lowest BCUT2D eigenvalue weighted by atomic mass is 9.45. The minimum Gasteiger partial charge on any atom is -0.458 e. The molecule has 0 aromatic carbocycles. The van der Waals surface area contributed by atoms with E-state index in [1.165, 1.54) is 0 Å². The zero-order chi connectivity index (χ0) is 20.0. The maximum absolute atomic E-state index is 12.4. The zero-order valence-electron chi connectivity index (χ0n) is 16.9. The molecule has 6 nitrogen and oxygen atoms in total. The third-order valence-corrected chi connectivity index (χ3v) is 7.25. The number of aliphatic hydroxyl groups excluding tert-OH is 2. The van der Waals surface area contributed by atoms with Crippen molar-refractivity contribution < 1.29 is 29.6 Å². The van der Waals surface area contributed by atoms with Crippen LogP contribution in [0.3, 0.4) is 0 Å². The van der Waals surface area contributed by atoms with Crippen molar-refractivity contribution in [2.45, 2.75) is 90.3 Å². The van der Waals surface area contributed by atoms with E-state index in [2.05, 4.69) is 20.8 Å². The van der Waals surface area contributed by atoms with Gasteiger partial charge in [-0.25, -0.2) is 0 Å². The van der Waals surface area contributed by atoms with Crippen molar-refractivity contribution in [3.05, 3.63) is 11.6 Å². The molecule has 0 radical (unpaired) electrons. The molecule has 3 rings (SSSR count). The second kappa shape index (κ2) is 7.14. The van der Waals surface area contributed by atoms with Crippen molar-refractivity contribution in [1.82, 2.24) is 0 Å². The van der Waals surface area contributed by atoms with E-state index in [9.17, 15) is 20.1 Å². The molecule has 0 unspecified atom stereocenters. The number of fused-ring (bicyclic) bond motifs is 3. The van der Waals surface area contributed by atoms with Crippen molar-refractivity contribution in [1.29, 1.82) is 0 Å². The minimum atomic E-state index is -1.68. The highest BCUT2D eigenvalue weighted by atomic mass is 16.6. The quantitative estimate of drug-likeness (QED) is 0.384. The van der Waals surface area contributed by atoms with Gasteiger partial charge in [0.2, 0.25) is 0 Å². The second-order valence-electron chi connectivity index (χ2n) is 9.34. The molecule has 1 heterocycles. The van der Waals surface area contributed by atoms with Crippen LogP contribution in [0.25, 0.3) is 0 Å². The number of hydrogen-bond acceptors (Lipinski definition) is 6. The van der Waals surface area contributed by atoms with E-state index in [0.717, 1.165) is 25.7 Å². The summed E-state index contributed by atoms with van der Waals surface area (Å²) in [5.41, 5.74) is -2.55. The first kappa shape index (κ1) is 20.8. The summed E-state index contributed by atoms with van der Waals surface area (Å²) in [5.74, 6) is -0.595. The van der Waals surface area contributed by atoms with Crippen molar-refractivity contribution in [2.24, 2.45) is 16.7 Å². The summed E-state index contributed by atoms with van der Waals surface area (Å²) < 4.78 is 11.2. The number of hydrogen-bond donors (Lipinski definition) is 3. The summed E-state index contributed by atoms with van der Waals surface area (Å²) in [5, 5.41) is 32.9. The second-order valence-corrected chi connectivity index (χ2v) is 9.34. The summed E-state index contributed by atoms with van der Waals surface area (Å²) in [4.78, 5) is 12.4. The first-order valence-electron chi connectivity index (χ1n) is 10.2. The molecule has 0 aromatic heterocycles. The zero-order valence-corrected chi connectivity index (χ0v) is 16.9. The molecule has 2 aliphatic carbocycles. The topological polar surface area (TPSA) is 96.2 Å². The number of aliphatic hydroxyl groups is 3. The van der Waals surface area contributed by atoms with Gasteiger partial charge in [0.25, 0.3) is 0 Å². The van der Waals surface area contributed by atoms with Crippen LogP contribution in [0.4, 0.5) is 0 Å². The summed E-state index contributed by atoms with van der Waals surface area (Å²) >= 11 is 0. The van der Waals surface area contributed by atoms with E-state index in [0.29, 0.717) is 18.4 Å². The maximum atomic E-state index is 12.4. The van der Waals surface area contributed by atoms with Crippen LogP contribution in [0.1, 0.15) is 66.2 Å².